The molecule has 0 radical (unpaired) electrons. The van der Waals surface area contributed by atoms with Crippen molar-refractivity contribution in [1.82, 2.24) is 4.90 Å². The number of likely N-dealkylation sites (tertiary alicyclic amines) is 1. The molecule has 0 unspecified atom stereocenters. The Labute approximate surface area is 126 Å². The van der Waals surface area contributed by atoms with Crippen molar-refractivity contribution >= 4 is 39.0 Å². The number of carboxylic acids is 1. The average Bonchev–Trinajstić information content (AvgIpc) is 2.77. The van der Waals surface area contributed by atoms with Crippen molar-refractivity contribution in [2.75, 3.05) is 13.1 Å². The van der Waals surface area contributed by atoms with Crippen LogP contribution in [-0.2, 0) is 11.3 Å². The van der Waals surface area contributed by atoms with E-state index in [-0.39, 0.29) is 5.92 Å². The van der Waals surface area contributed by atoms with E-state index in [4.69, 9.17) is 16.7 Å². The van der Waals surface area contributed by atoms with E-state index in [1.165, 1.54) is 9.58 Å². The maximum Gasteiger partial charge on any atom is 0.306 e. The average molecular weight is 310 g/mol. The molecule has 1 aliphatic rings. The second-order valence-electron chi connectivity index (χ2n) is 5.22. The van der Waals surface area contributed by atoms with Gasteiger partial charge in [-0.2, -0.15) is 0 Å². The maximum atomic E-state index is 11.0. The molecule has 3 nitrogen and oxygen atoms in total. The molecule has 2 heterocycles. The van der Waals surface area contributed by atoms with Crippen LogP contribution in [-0.4, -0.2) is 29.1 Å². The number of carboxylic acid groups (broad SMARTS) is 1. The van der Waals surface area contributed by atoms with Gasteiger partial charge in [0.2, 0.25) is 0 Å². The largest absolute Gasteiger partial charge is 0.481 e. The van der Waals surface area contributed by atoms with Crippen LogP contribution < -0.4 is 0 Å². The number of benzene rings is 1. The van der Waals surface area contributed by atoms with Gasteiger partial charge < -0.3 is 5.11 Å². The molecule has 1 N–H and O–H groups in total. The quantitative estimate of drug-likeness (QED) is 0.936. The first-order chi connectivity index (χ1) is 9.65. The highest BCUT2D eigenvalue weighted by Gasteiger charge is 2.25. The minimum atomic E-state index is -0.662. The number of carbonyl (C=O) groups is 1. The summed E-state index contributed by atoms with van der Waals surface area (Å²) in [6.07, 6.45) is 1.47. The number of fused-ring (bicyclic) bond motifs is 1. The summed E-state index contributed by atoms with van der Waals surface area (Å²) in [6, 6.07) is 8.17. The zero-order chi connectivity index (χ0) is 14.1. The molecule has 106 valence electrons. The summed E-state index contributed by atoms with van der Waals surface area (Å²) in [7, 11) is 0. The van der Waals surface area contributed by atoms with E-state index in [2.05, 4.69) is 11.0 Å². The Kier molecular flexibility index (Phi) is 3.96. The third-order valence-electron chi connectivity index (χ3n) is 3.91. The van der Waals surface area contributed by atoms with Gasteiger partial charge in [-0.3, -0.25) is 9.69 Å². The maximum absolute atomic E-state index is 11.0. The van der Waals surface area contributed by atoms with Crippen LogP contribution in [0.25, 0.3) is 10.1 Å². The molecular weight excluding hydrogens is 294 g/mol. The van der Waals surface area contributed by atoms with E-state index >= 15 is 0 Å². The summed E-state index contributed by atoms with van der Waals surface area (Å²) in [5.74, 6) is -0.839. The summed E-state index contributed by atoms with van der Waals surface area (Å²) >= 11 is 8.18. The molecule has 1 saturated heterocycles. The molecule has 3 rings (SSSR count). The van der Waals surface area contributed by atoms with E-state index < -0.39 is 5.97 Å². The molecule has 5 heteroatoms. The fourth-order valence-corrected chi connectivity index (χ4v) is 4.24. The predicted octanol–water partition coefficient (Wildman–Crippen LogP) is 3.85. The monoisotopic (exact) mass is 309 g/mol. The fourth-order valence-electron chi connectivity index (χ4n) is 2.71. The zero-order valence-corrected chi connectivity index (χ0v) is 12.6. The number of rotatable bonds is 3. The van der Waals surface area contributed by atoms with Gasteiger partial charge in [-0.05, 0) is 32.0 Å². The molecule has 0 bridgehead atoms. The van der Waals surface area contributed by atoms with Crippen molar-refractivity contribution in [3.63, 3.8) is 0 Å². The number of hydrogen-bond donors (Lipinski definition) is 1. The minimum absolute atomic E-state index is 0.177. The van der Waals surface area contributed by atoms with Gasteiger partial charge in [-0.15, -0.1) is 11.3 Å². The van der Waals surface area contributed by atoms with Crippen LogP contribution in [0.4, 0.5) is 0 Å². The van der Waals surface area contributed by atoms with Crippen LogP contribution in [0.3, 0.4) is 0 Å². The predicted molar refractivity (Wildman–Crippen MR) is 82.5 cm³/mol. The highest BCUT2D eigenvalue weighted by Crippen LogP contribution is 2.36. The van der Waals surface area contributed by atoms with Gasteiger partial charge in [-0.25, -0.2) is 0 Å². The lowest BCUT2D eigenvalue weighted by atomic mass is 9.97. The molecule has 20 heavy (non-hydrogen) atoms. The van der Waals surface area contributed by atoms with E-state index in [0.29, 0.717) is 0 Å². The first-order valence-corrected chi connectivity index (χ1v) is 7.95. The van der Waals surface area contributed by atoms with E-state index in [0.717, 1.165) is 42.9 Å². The van der Waals surface area contributed by atoms with E-state index in [1.54, 1.807) is 11.3 Å². The van der Waals surface area contributed by atoms with Gasteiger partial charge >= 0.3 is 5.97 Å². The second-order valence-corrected chi connectivity index (χ2v) is 6.74. The first kappa shape index (κ1) is 13.9. The molecular formula is C15H16ClNO2S. The van der Waals surface area contributed by atoms with Crippen LogP contribution in [0.15, 0.2) is 24.3 Å². The van der Waals surface area contributed by atoms with Gasteiger partial charge in [0.25, 0.3) is 0 Å². The Hall–Kier alpha value is -1.10. The van der Waals surface area contributed by atoms with Crippen molar-refractivity contribution in [2.45, 2.75) is 19.4 Å². The van der Waals surface area contributed by atoms with E-state index in [1.807, 2.05) is 18.2 Å². The number of halogens is 1. The topological polar surface area (TPSA) is 40.5 Å². The van der Waals surface area contributed by atoms with Crippen molar-refractivity contribution in [3.8, 4) is 0 Å². The van der Waals surface area contributed by atoms with Gasteiger partial charge in [0.05, 0.1) is 10.9 Å². The molecule has 0 spiro atoms. The number of hydrogen-bond acceptors (Lipinski definition) is 3. The number of nitrogens with zero attached hydrogens (tertiary/aromatic N) is 1. The van der Waals surface area contributed by atoms with Gasteiger partial charge in [-0.1, -0.05) is 29.8 Å². The van der Waals surface area contributed by atoms with Crippen LogP contribution in [0.1, 0.15) is 17.7 Å². The lowest BCUT2D eigenvalue weighted by Crippen LogP contribution is -2.35. The van der Waals surface area contributed by atoms with Crippen molar-refractivity contribution in [2.24, 2.45) is 5.92 Å². The fraction of sp³-hybridized carbons (Fsp3) is 0.400. The standard InChI is InChI=1S/C15H16ClNO2S/c16-14-11-3-1-2-4-12(11)20-13(14)9-17-7-5-10(6-8-17)15(18)19/h1-4,10H,5-9H2,(H,18,19). The van der Waals surface area contributed by atoms with Gasteiger partial charge in [0, 0.05) is 21.5 Å². The SMILES string of the molecule is O=C(O)C1CCN(Cc2sc3ccccc3c2Cl)CC1. The van der Waals surface area contributed by atoms with Crippen LogP contribution in [0.5, 0.6) is 0 Å². The zero-order valence-electron chi connectivity index (χ0n) is 11.0. The third-order valence-corrected chi connectivity index (χ3v) is 5.60. The number of piperidine rings is 1. The Bertz CT molecular complexity index is 632. The van der Waals surface area contributed by atoms with Gasteiger partial charge in [0.15, 0.2) is 0 Å². The van der Waals surface area contributed by atoms with Crippen LogP contribution >= 0.6 is 22.9 Å². The van der Waals surface area contributed by atoms with Crippen molar-refractivity contribution in [1.29, 1.82) is 0 Å². The minimum Gasteiger partial charge on any atom is -0.481 e. The summed E-state index contributed by atoms with van der Waals surface area (Å²) in [4.78, 5) is 14.4. The summed E-state index contributed by atoms with van der Waals surface area (Å²) in [5, 5.41) is 11.0. The Morgan fingerprint density at radius 1 is 1.35 bits per heavy atom. The molecule has 0 atom stereocenters. The molecule has 0 saturated carbocycles. The van der Waals surface area contributed by atoms with E-state index in [9.17, 15) is 4.79 Å². The Morgan fingerprint density at radius 2 is 2.05 bits per heavy atom. The van der Waals surface area contributed by atoms with Crippen molar-refractivity contribution in [3.05, 3.63) is 34.2 Å². The van der Waals surface area contributed by atoms with Crippen LogP contribution in [0.2, 0.25) is 5.02 Å². The molecule has 0 amide bonds. The highest BCUT2D eigenvalue weighted by molar-refractivity contribution is 7.19. The molecule has 1 aromatic carbocycles. The molecule has 1 aromatic heterocycles. The third kappa shape index (κ3) is 2.68. The molecule has 1 aliphatic heterocycles. The highest BCUT2D eigenvalue weighted by atomic mass is 35.5. The summed E-state index contributed by atoms with van der Waals surface area (Å²) in [6.45, 7) is 2.49. The lowest BCUT2D eigenvalue weighted by Gasteiger charge is -2.29. The number of aliphatic carboxylic acids is 1. The number of thiophene rings is 1. The van der Waals surface area contributed by atoms with Crippen molar-refractivity contribution < 1.29 is 9.90 Å². The lowest BCUT2D eigenvalue weighted by molar-refractivity contribution is -0.143. The Morgan fingerprint density at radius 3 is 2.70 bits per heavy atom. The van der Waals surface area contributed by atoms with Crippen LogP contribution in [0, 0.1) is 5.92 Å². The summed E-state index contributed by atoms with van der Waals surface area (Å²) in [5.41, 5.74) is 0. The Balaban J connectivity index is 1.71. The molecule has 0 aliphatic carbocycles. The summed E-state index contributed by atoms with van der Waals surface area (Å²) < 4.78 is 1.22. The molecule has 2 aromatic rings. The molecule has 1 fully saturated rings. The van der Waals surface area contributed by atoms with Gasteiger partial charge in [0.1, 0.15) is 0 Å². The first-order valence-electron chi connectivity index (χ1n) is 6.76. The smallest absolute Gasteiger partial charge is 0.306 e. The normalized spacial score (nSPS) is 17.6. The second kappa shape index (κ2) is 5.72.